The third-order valence-electron chi connectivity index (χ3n) is 4.40. The van der Waals surface area contributed by atoms with E-state index in [-0.39, 0.29) is 19.0 Å². The molecule has 0 saturated heterocycles. The zero-order valence-corrected chi connectivity index (χ0v) is 17.1. The van der Waals surface area contributed by atoms with Crippen molar-refractivity contribution in [2.45, 2.75) is 45.4 Å². The van der Waals surface area contributed by atoms with Gasteiger partial charge in [-0.2, -0.15) is 0 Å². The predicted octanol–water partition coefficient (Wildman–Crippen LogP) is 3.97. The van der Waals surface area contributed by atoms with Crippen LogP contribution in [0.15, 0.2) is 60.7 Å². The molecule has 30 heavy (non-hydrogen) atoms. The zero-order chi connectivity index (χ0) is 21.6. The van der Waals surface area contributed by atoms with Crippen LogP contribution in [0.25, 0.3) is 0 Å². The Morgan fingerprint density at radius 2 is 1.33 bits per heavy atom. The Morgan fingerprint density at radius 1 is 0.800 bits per heavy atom. The molecule has 0 aromatic heterocycles. The van der Waals surface area contributed by atoms with Gasteiger partial charge in [0, 0.05) is 6.54 Å². The first kappa shape index (κ1) is 22.9. The summed E-state index contributed by atoms with van der Waals surface area (Å²) in [6, 6.07) is 18.1. The van der Waals surface area contributed by atoms with E-state index in [2.05, 4.69) is 10.6 Å². The lowest BCUT2D eigenvalue weighted by Gasteiger charge is -2.16. The molecule has 2 N–H and O–H groups in total. The van der Waals surface area contributed by atoms with Crippen molar-refractivity contribution in [3.05, 3.63) is 71.8 Å². The van der Waals surface area contributed by atoms with Gasteiger partial charge in [-0.25, -0.2) is 9.59 Å². The van der Waals surface area contributed by atoms with Gasteiger partial charge >= 0.3 is 12.2 Å². The summed E-state index contributed by atoms with van der Waals surface area (Å²) in [7, 11) is 0. The van der Waals surface area contributed by atoms with Crippen LogP contribution in [0.1, 0.15) is 37.3 Å². The number of carbonyl (C=O) groups excluding carboxylic acids is 3. The molecular weight excluding hydrogens is 384 g/mol. The van der Waals surface area contributed by atoms with E-state index < -0.39 is 18.2 Å². The summed E-state index contributed by atoms with van der Waals surface area (Å²) < 4.78 is 10.3. The van der Waals surface area contributed by atoms with E-state index in [1.54, 1.807) is 0 Å². The summed E-state index contributed by atoms with van der Waals surface area (Å²) in [6.07, 6.45) is 0.676. The second-order valence-electron chi connectivity index (χ2n) is 6.85. The summed E-state index contributed by atoms with van der Waals surface area (Å²) in [5.41, 5.74) is 1.79. The van der Waals surface area contributed by atoms with Crippen LogP contribution in [0.5, 0.6) is 0 Å². The molecule has 0 spiro atoms. The second kappa shape index (κ2) is 13.0. The molecule has 2 amide bonds. The van der Waals surface area contributed by atoms with Gasteiger partial charge in [-0.05, 0) is 37.3 Å². The Hall–Kier alpha value is -3.35. The molecule has 1 atom stereocenters. The Labute approximate surface area is 176 Å². The summed E-state index contributed by atoms with van der Waals surface area (Å²) in [5.74, 6) is -0.137. The summed E-state index contributed by atoms with van der Waals surface area (Å²) >= 11 is 0. The molecule has 0 heterocycles. The van der Waals surface area contributed by atoms with Crippen LogP contribution in [0, 0.1) is 0 Å². The van der Waals surface area contributed by atoms with Crippen molar-refractivity contribution < 1.29 is 23.9 Å². The molecule has 7 heteroatoms. The molecule has 1 unspecified atom stereocenters. The van der Waals surface area contributed by atoms with Gasteiger partial charge in [0.1, 0.15) is 13.2 Å². The van der Waals surface area contributed by atoms with Gasteiger partial charge in [0.05, 0.1) is 6.04 Å². The molecule has 0 aliphatic rings. The maximum atomic E-state index is 11.9. The van der Waals surface area contributed by atoms with Crippen molar-refractivity contribution in [2.75, 3.05) is 6.54 Å². The topological polar surface area (TPSA) is 93.7 Å². The number of Topliss-reactive ketones (excluding diaryl/α,β-unsaturated/α-hetero) is 1. The van der Waals surface area contributed by atoms with Crippen molar-refractivity contribution in [2.24, 2.45) is 0 Å². The van der Waals surface area contributed by atoms with Crippen LogP contribution in [-0.2, 0) is 27.5 Å². The molecule has 0 fully saturated rings. The third kappa shape index (κ3) is 9.23. The minimum atomic E-state index is -0.623. The highest BCUT2D eigenvalue weighted by Gasteiger charge is 2.17. The van der Waals surface area contributed by atoms with E-state index in [0.717, 1.165) is 11.1 Å². The number of hydrogen-bond acceptors (Lipinski definition) is 5. The van der Waals surface area contributed by atoms with Gasteiger partial charge in [-0.1, -0.05) is 60.7 Å². The van der Waals surface area contributed by atoms with Crippen LogP contribution in [0.4, 0.5) is 9.59 Å². The molecular formula is C23H28N2O5. The van der Waals surface area contributed by atoms with Crippen molar-refractivity contribution >= 4 is 18.0 Å². The first-order chi connectivity index (χ1) is 14.5. The molecule has 0 aliphatic carbocycles. The Kier molecular flexibility index (Phi) is 9.92. The average Bonchev–Trinajstić information content (AvgIpc) is 2.76. The van der Waals surface area contributed by atoms with Gasteiger partial charge in [0.25, 0.3) is 0 Å². The van der Waals surface area contributed by atoms with Crippen LogP contribution in [0.2, 0.25) is 0 Å². The lowest BCUT2D eigenvalue weighted by atomic mass is 10.1. The van der Waals surface area contributed by atoms with E-state index in [1.165, 1.54) is 6.92 Å². The second-order valence-corrected chi connectivity index (χ2v) is 6.85. The number of ketones is 1. The average molecular weight is 412 g/mol. The highest BCUT2D eigenvalue weighted by atomic mass is 16.6. The minimum absolute atomic E-state index is 0.137. The summed E-state index contributed by atoms with van der Waals surface area (Å²) in [4.78, 5) is 35.4. The van der Waals surface area contributed by atoms with Gasteiger partial charge in [-0.15, -0.1) is 0 Å². The molecule has 7 nitrogen and oxygen atoms in total. The molecule has 2 aromatic rings. The SMILES string of the molecule is CC(=O)C(CCCCNC(=O)OCc1ccccc1)NC(=O)OCc1ccccc1. The number of carbonyl (C=O) groups is 3. The molecule has 0 saturated carbocycles. The maximum absolute atomic E-state index is 11.9. The van der Waals surface area contributed by atoms with Crippen molar-refractivity contribution in [1.29, 1.82) is 0 Å². The lowest BCUT2D eigenvalue weighted by molar-refractivity contribution is -0.119. The van der Waals surface area contributed by atoms with E-state index >= 15 is 0 Å². The Morgan fingerprint density at radius 3 is 1.87 bits per heavy atom. The fourth-order valence-corrected chi connectivity index (χ4v) is 2.72. The quantitative estimate of drug-likeness (QED) is 0.545. The number of hydrogen-bond donors (Lipinski definition) is 2. The molecule has 0 bridgehead atoms. The van der Waals surface area contributed by atoms with Gasteiger partial charge < -0.3 is 20.1 Å². The smallest absolute Gasteiger partial charge is 0.408 e. The van der Waals surface area contributed by atoms with Crippen LogP contribution in [-0.4, -0.2) is 30.6 Å². The molecule has 2 aromatic carbocycles. The first-order valence-corrected chi connectivity index (χ1v) is 9.97. The number of amides is 2. The highest BCUT2D eigenvalue weighted by molar-refractivity contribution is 5.85. The lowest BCUT2D eigenvalue weighted by Crippen LogP contribution is -2.40. The number of alkyl carbamates (subject to hydrolysis) is 2. The number of benzene rings is 2. The standard InChI is InChI=1S/C23H28N2O5/c1-18(26)21(25-23(28)30-17-20-12-6-3-7-13-20)14-8-9-15-24-22(27)29-16-19-10-4-2-5-11-19/h2-7,10-13,21H,8-9,14-17H2,1H3,(H,24,27)(H,25,28). The number of unbranched alkanes of at least 4 members (excludes halogenated alkanes) is 1. The first-order valence-electron chi connectivity index (χ1n) is 9.97. The zero-order valence-electron chi connectivity index (χ0n) is 17.1. The van der Waals surface area contributed by atoms with E-state index in [0.29, 0.717) is 25.8 Å². The summed E-state index contributed by atoms with van der Waals surface area (Å²) in [5, 5.41) is 5.28. The van der Waals surface area contributed by atoms with Crippen molar-refractivity contribution in [1.82, 2.24) is 10.6 Å². The normalized spacial score (nSPS) is 11.2. The van der Waals surface area contributed by atoms with E-state index in [4.69, 9.17) is 9.47 Å². The highest BCUT2D eigenvalue weighted by Crippen LogP contribution is 2.05. The largest absolute Gasteiger partial charge is 0.445 e. The number of nitrogens with one attached hydrogen (secondary N) is 2. The van der Waals surface area contributed by atoms with Gasteiger partial charge in [-0.3, -0.25) is 4.79 Å². The van der Waals surface area contributed by atoms with Crippen molar-refractivity contribution in [3.8, 4) is 0 Å². The number of rotatable bonds is 11. The predicted molar refractivity (Wildman–Crippen MR) is 113 cm³/mol. The summed E-state index contributed by atoms with van der Waals surface area (Å²) in [6.45, 7) is 2.22. The Balaban J connectivity index is 1.59. The van der Waals surface area contributed by atoms with Gasteiger partial charge in [0.15, 0.2) is 5.78 Å². The molecule has 0 radical (unpaired) electrons. The number of ether oxygens (including phenoxy) is 2. The van der Waals surface area contributed by atoms with E-state index in [1.807, 2.05) is 60.7 Å². The van der Waals surface area contributed by atoms with Crippen LogP contribution in [0.3, 0.4) is 0 Å². The van der Waals surface area contributed by atoms with E-state index in [9.17, 15) is 14.4 Å². The third-order valence-corrected chi connectivity index (χ3v) is 4.40. The molecule has 160 valence electrons. The maximum Gasteiger partial charge on any atom is 0.408 e. The minimum Gasteiger partial charge on any atom is -0.445 e. The van der Waals surface area contributed by atoms with Crippen molar-refractivity contribution in [3.63, 3.8) is 0 Å². The molecule has 0 aliphatic heterocycles. The molecule has 2 rings (SSSR count). The fraction of sp³-hybridized carbons (Fsp3) is 0.348. The fourth-order valence-electron chi connectivity index (χ4n) is 2.72. The Bertz CT molecular complexity index is 796. The van der Waals surface area contributed by atoms with Gasteiger partial charge in [0.2, 0.25) is 0 Å². The monoisotopic (exact) mass is 412 g/mol. The van der Waals surface area contributed by atoms with Crippen LogP contribution >= 0.6 is 0 Å². The van der Waals surface area contributed by atoms with Crippen LogP contribution < -0.4 is 10.6 Å².